The molecule has 0 unspecified atom stereocenters. The molecular weight excluding hydrogens is 160 g/mol. The molecule has 1 aliphatic rings. The third-order valence-electron chi connectivity index (χ3n) is 2.37. The summed E-state index contributed by atoms with van der Waals surface area (Å²) in [5.41, 5.74) is 2.35. The van der Waals surface area contributed by atoms with Gasteiger partial charge in [-0.25, -0.2) is 4.98 Å². The van der Waals surface area contributed by atoms with E-state index in [1.54, 1.807) is 0 Å². The Balaban J connectivity index is 2.60. The van der Waals surface area contributed by atoms with Crippen LogP contribution in [0, 0.1) is 6.92 Å². The quantitative estimate of drug-likeness (QED) is 0.640. The van der Waals surface area contributed by atoms with Crippen LogP contribution in [0.15, 0.2) is 12.2 Å². The number of allylic oxidation sites excluding steroid dienone is 2. The van der Waals surface area contributed by atoms with Crippen molar-refractivity contribution in [3.63, 3.8) is 0 Å². The zero-order valence-electron chi connectivity index (χ0n) is 8.12. The summed E-state index contributed by atoms with van der Waals surface area (Å²) in [6.07, 6.45) is 9.61. The van der Waals surface area contributed by atoms with Gasteiger partial charge in [0.1, 0.15) is 5.82 Å². The lowest BCUT2D eigenvalue weighted by molar-refractivity contribution is 0.724. The molecule has 13 heavy (non-hydrogen) atoms. The lowest BCUT2D eigenvalue weighted by atomic mass is 10.3. The van der Waals surface area contributed by atoms with E-state index in [4.69, 9.17) is 0 Å². The zero-order valence-corrected chi connectivity index (χ0v) is 8.12. The van der Waals surface area contributed by atoms with Gasteiger partial charge in [0.2, 0.25) is 0 Å². The highest BCUT2D eigenvalue weighted by Gasteiger charge is 2.09. The average Bonchev–Trinajstić information content (AvgIpc) is 2.32. The van der Waals surface area contributed by atoms with Gasteiger partial charge in [-0.3, -0.25) is 0 Å². The summed E-state index contributed by atoms with van der Waals surface area (Å²) in [7, 11) is 0. The van der Waals surface area contributed by atoms with Crippen molar-refractivity contribution in [2.24, 2.45) is 0 Å². The lowest BCUT2D eigenvalue weighted by Crippen LogP contribution is -1.99. The Morgan fingerprint density at radius 1 is 1.38 bits per heavy atom. The van der Waals surface area contributed by atoms with Gasteiger partial charge in [-0.05, 0) is 32.4 Å². The minimum absolute atomic E-state index is 0.992. The number of aryl methyl sites for hydroxylation is 1. The van der Waals surface area contributed by atoms with E-state index in [1.807, 2.05) is 0 Å². The first-order valence-electron chi connectivity index (χ1n) is 4.73. The molecule has 0 aliphatic heterocycles. The molecule has 0 fully saturated rings. The first kappa shape index (κ1) is 8.30. The predicted molar refractivity (Wildman–Crippen MR) is 55.3 cm³/mol. The largest absolute Gasteiger partial charge is 0.329 e. The van der Waals surface area contributed by atoms with E-state index in [0.29, 0.717) is 0 Å². The maximum atomic E-state index is 4.51. The Hall–Kier alpha value is -1.31. The Kier molecular flexibility index (Phi) is 2.05. The second kappa shape index (κ2) is 3.21. The number of hydrogen-bond donors (Lipinski definition) is 0. The summed E-state index contributed by atoms with van der Waals surface area (Å²) in [5, 5.41) is 0. The Bertz CT molecular complexity index is 370. The fourth-order valence-corrected chi connectivity index (χ4v) is 1.74. The van der Waals surface area contributed by atoms with Crippen molar-refractivity contribution in [1.29, 1.82) is 0 Å². The minimum atomic E-state index is 0.992. The van der Waals surface area contributed by atoms with Crippen LogP contribution in [-0.4, -0.2) is 9.55 Å². The van der Waals surface area contributed by atoms with Crippen molar-refractivity contribution in [3.8, 4) is 0 Å². The zero-order chi connectivity index (χ0) is 9.26. The SMILES string of the molecule is CCn1c(C)nc2c1C=CCC=C2. The molecular formula is C11H14N2. The molecule has 0 aromatic carbocycles. The maximum Gasteiger partial charge on any atom is 0.106 e. The Morgan fingerprint density at radius 3 is 2.92 bits per heavy atom. The summed E-state index contributed by atoms with van der Waals surface area (Å²) < 4.78 is 2.24. The summed E-state index contributed by atoms with van der Waals surface area (Å²) in [6, 6.07) is 0. The Labute approximate surface area is 78.6 Å². The molecule has 1 heterocycles. The summed E-state index contributed by atoms with van der Waals surface area (Å²) in [6.45, 7) is 5.20. The van der Waals surface area contributed by atoms with Crippen LogP contribution < -0.4 is 0 Å². The lowest BCUT2D eigenvalue weighted by Gasteiger charge is -2.02. The van der Waals surface area contributed by atoms with Gasteiger partial charge in [0, 0.05) is 6.54 Å². The van der Waals surface area contributed by atoms with Crippen molar-refractivity contribution < 1.29 is 0 Å². The smallest absolute Gasteiger partial charge is 0.106 e. The number of hydrogen-bond acceptors (Lipinski definition) is 1. The van der Waals surface area contributed by atoms with Gasteiger partial charge in [0.05, 0.1) is 11.4 Å². The molecule has 0 spiro atoms. The molecule has 0 saturated heterocycles. The molecule has 1 aromatic rings. The van der Waals surface area contributed by atoms with Gasteiger partial charge in [-0.2, -0.15) is 0 Å². The molecule has 2 nitrogen and oxygen atoms in total. The molecule has 1 aromatic heterocycles. The highest BCUT2D eigenvalue weighted by molar-refractivity contribution is 5.63. The normalized spacial score (nSPS) is 14.3. The molecule has 0 amide bonds. The van der Waals surface area contributed by atoms with Crippen LogP contribution in [0.25, 0.3) is 12.2 Å². The van der Waals surface area contributed by atoms with Crippen LogP contribution in [0.3, 0.4) is 0 Å². The number of imidazole rings is 1. The van der Waals surface area contributed by atoms with Crippen molar-refractivity contribution in [1.82, 2.24) is 9.55 Å². The standard InChI is InChI=1S/C11H14N2/c1-3-13-9(2)12-10-7-5-4-6-8-11(10)13/h5-8H,3-4H2,1-2H3. The topological polar surface area (TPSA) is 17.8 Å². The van der Waals surface area contributed by atoms with Crippen molar-refractivity contribution in [2.45, 2.75) is 26.8 Å². The molecule has 68 valence electrons. The number of aromatic nitrogens is 2. The van der Waals surface area contributed by atoms with Crippen LogP contribution in [0.4, 0.5) is 0 Å². The van der Waals surface area contributed by atoms with E-state index in [-0.39, 0.29) is 0 Å². The maximum absolute atomic E-state index is 4.51. The molecule has 1 aliphatic carbocycles. The van der Waals surface area contributed by atoms with Gasteiger partial charge in [-0.15, -0.1) is 0 Å². The van der Waals surface area contributed by atoms with Crippen LogP contribution in [0.1, 0.15) is 30.6 Å². The number of fused-ring (bicyclic) bond motifs is 1. The predicted octanol–water partition coefficient (Wildman–Crippen LogP) is 2.64. The summed E-state index contributed by atoms with van der Waals surface area (Å²) in [5.74, 6) is 1.10. The van der Waals surface area contributed by atoms with Crippen LogP contribution in [0.5, 0.6) is 0 Å². The molecule has 2 heteroatoms. The molecule has 0 saturated carbocycles. The second-order valence-electron chi connectivity index (χ2n) is 3.21. The summed E-state index contributed by atoms with van der Waals surface area (Å²) in [4.78, 5) is 4.51. The van der Waals surface area contributed by atoms with Gasteiger partial charge in [-0.1, -0.05) is 12.2 Å². The van der Waals surface area contributed by atoms with Gasteiger partial charge in [0.15, 0.2) is 0 Å². The van der Waals surface area contributed by atoms with E-state index in [1.165, 1.54) is 5.69 Å². The summed E-state index contributed by atoms with van der Waals surface area (Å²) >= 11 is 0. The molecule has 0 atom stereocenters. The van der Waals surface area contributed by atoms with E-state index < -0.39 is 0 Å². The van der Waals surface area contributed by atoms with Gasteiger partial charge >= 0.3 is 0 Å². The molecule has 0 radical (unpaired) electrons. The first-order chi connectivity index (χ1) is 6.33. The number of rotatable bonds is 1. The van der Waals surface area contributed by atoms with E-state index >= 15 is 0 Å². The van der Waals surface area contributed by atoms with Gasteiger partial charge in [0.25, 0.3) is 0 Å². The minimum Gasteiger partial charge on any atom is -0.329 e. The molecule has 2 rings (SSSR count). The van der Waals surface area contributed by atoms with Crippen LogP contribution in [-0.2, 0) is 6.54 Å². The fraction of sp³-hybridized carbons (Fsp3) is 0.364. The van der Waals surface area contributed by atoms with Crippen molar-refractivity contribution in [3.05, 3.63) is 29.4 Å². The number of nitrogens with zero attached hydrogens (tertiary/aromatic N) is 2. The van der Waals surface area contributed by atoms with E-state index in [0.717, 1.165) is 24.5 Å². The monoisotopic (exact) mass is 174 g/mol. The Morgan fingerprint density at radius 2 is 2.15 bits per heavy atom. The highest BCUT2D eigenvalue weighted by Crippen LogP contribution is 2.18. The fourth-order valence-electron chi connectivity index (χ4n) is 1.74. The molecule has 0 N–H and O–H groups in total. The van der Waals surface area contributed by atoms with E-state index in [9.17, 15) is 0 Å². The first-order valence-corrected chi connectivity index (χ1v) is 4.73. The second-order valence-corrected chi connectivity index (χ2v) is 3.21. The van der Waals surface area contributed by atoms with Crippen molar-refractivity contribution >= 4 is 12.2 Å². The van der Waals surface area contributed by atoms with Crippen molar-refractivity contribution in [2.75, 3.05) is 0 Å². The highest BCUT2D eigenvalue weighted by atomic mass is 15.1. The van der Waals surface area contributed by atoms with Crippen LogP contribution in [0.2, 0.25) is 0 Å². The van der Waals surface area contributed by atoms with Crippen LogP contribution >= 0.6 is 0 Å². The van der Waals surface area contributed by atoms with E-state index in [2.05, 4.69) is 47.7 Å². The third-order valence-corrected chi connectivity index (χ3v) is 2.37. The molecule has 0 bridgehead atoms. The van der Waals surface area contributed by atoms with Gasteiger partial charge < -0.3 is 4.57 Å². The average molecular weight is 174 g/mol. The third kappa shape index (κ3) is 1.32.